The van der Waals surface area contributed by atoms with Crippen molar-refractivity contribution in [3.8, 4) is 0 Å². The summed E-state index contributed by atoms with van der Waals surface area (Å²) in [4.78, 5) is 80.8. The summed E-state index contributed by atoms with van der Waals surface area (Å²) in [7, 11) is 0. The molecule has 1 unspecified atom stereocenters. The first-order valence-electron chi connectivity index (χ1n) is 18.2. The molecule has 53 heavy (non-hydrogen) atoms. The Balaban J connectivity index is 1.51. The van der Waals surface area contributed by atoms with Crippen LogP contribution in [0, 0.1) is 39.4 Å². The Hall–Kier alpha value is -3.82. The number of rotatable bonds is 7. The zero-order valence-electron chi connectivity index (χ0n) is 31.4. The van der Waals surface area contributed by atoms with Crippen molar-refractivity contribution in [2.75, 3.05) is 6.61 Å². The van der Waals surface area contributed by atoms with Crippen molar-refractivity contribution >= 4 is 35.6 Å². The summed E-state index contributed by atoms with van der Waals surface area (Å²) in [5, 5.41) is 12.7. The highest BCUT2D eigenvalue weighted by atomic mass is 16.7. The largest absolute Gasteiger partial charge is 0.472 e. The highest BCUT2D eigenvalue weighted by Crippen LogP contribution is 2.83. The number of Topliss-reactive ketones (excluding diaryl/α,β-unsaturated/α-hetero) is 1. The number of hydrogen-bond donors (Lipinski definition) is 1. The number of carbonyl (C=O) groups excluding carboxylic acids is 6. The van der Waals surface area contributed by atoms with E-state index in [9.17, 15) is 29.1 Å². The Morgan fingerprint density at radius 1 is 0.849 bits per heavy atom. The first-order chi connectivity index (χ1) is 24.7. The number of epoxide rings is 1. The minimum Gasteiger partial charge on any atom is -0.472 e. The lowest BCUT2D eigenvalue weighted by Gasteiger charge is -2.73. The lowest BCUT2D eigenvalue weighted by molar-refractivity contribution is -0.391. The second-order valence-corrected chi connectivity index (χ2v) is 16.7. The van der Waals surface area contributed by atoms with Crippen LogP contribution in [0.5, 0.6) is 0 Å². The van der Waals surface area contributed by atoms with Gasteiger partial charge in [0.2, 0.25) is 6.29 Å². The molecule has 3 heterocycles. The third-order valence-electron chi connectivity index (χ3n) is 13.8. The van der Waals surface area contributed by atoms with Gasteiger partial charge in [-0.2, -0.15) is 0 Å². The Morgan fingerprint density at radius 2 is 1.47 bits per heavy atom. The Kier molecular flexibility index (Phi) is 8.55. The molecule has 2 bridgehead atoms. The second-order valence-electron chi connectivity index (χ2n) is 16.7. The lowest BCUT2D eigenvalue weighted by Crippen LogP contribution is -2.85. The molecular formula is C38H48O15. The molecule has 1 aromatic heterocycles. The molecule has 6 aliphatic rings. The van der Waals surface area contributed by atoms with Gasteiger partial charge in [-0.3, -0.25) is 28.8 Å². The Morgan fingerprint density at radius 3 is 2.04 bits per heavy atom. The average Bonchev–Trinajstić information content (AvgIpc) is 3.41. The average molecular weight is 745 g/mol. The molecule has 1 N–H and O–H groups in total. The van der Waals surface area contributed by atoms with Gasteiger partial charge in [-0.1, -0.05) is 27.7 Å². The quantitative estimate of drug-likeness (QED) is 0.242. The molecular weight excluding hydrogens is 696 g/mol. The summed E-state index contributed by atoms with van der Waals surface area (Å²) < 4.78 is 48.7. The molecule has 6 fully saturated rings. The highest BCUT2D eigenvalue weighted by Gasteiger charge is 2.93. The number of aliphatic hydroxyl groups excluding tert-OH is 1. The van der Waals surface area contributed by atoms with Crippen molar-refractivity contribution in [2.45, 2.75) is 130 Å². The number of ether oxygens (including phenoxy) is 7. The number of carbonyl (C=O) groups is 6. The van der Waals surface area contributed by atoms with Crippen LogP contribution < -0.4 is 0 Å². The van der Waals surface area contributed by atoms with Crippen LogP contribution in [0.1, 0.15) is 86.6 Å². The molecule has 15 nitrogen and oxygen atoms in total. The van der Waals surface area contributed by atoms with Gasteiger partial charge < -0.3 is 42.7 Å². The summed E-state index contributed by atoms with van der Waals surface area (Å²) >= 11 is 0. The number of fused-ring (bicyclic) bond motifs is 1. The van der Waals surface area contributed by atoms with E-state index in [4.69, 9.17) is 37.6 Å². The van der Waals surface area contributed by atoms with E-state index in [1.54, 1.807) is 40.0 Å². The summed E-state index contributed by atoms with van der Waals surface area (Å²) in [6.45, 7) is 12.8. The molecule has 0 amide bonds. The second kappa shape index (κ2) is 12.1. The minimum absolute atomic E-state index is 0.0826. The monoisotopic (exact) mass is 744 g/mol. The van der Waals surface area contributed by atoms with Gasteiger partial charge in [0.1, 0.15) is 5.60 Å². The van der Waals surface area contributed by atoms with Crippen LogP contribution in [0.4, 0.5) is 0 Å². The van der Waals surface area contributed by atoms with E-state index >= 15 is 4.79 Å². The van der Waals surface area contributed by atoms with Crippen LogP contribution in [-0.4, -0.2) is 95.9 Å². The van der Waals surface area contributed by atoms with Crippen molar-refractivity contribution in [3.05, 3.63) is 24.2 Å². The number of esters is 5. The van der Waals surface area contributed by atoms with Crippen LogP contribution in [-0.2, 0) is 61.9 Å². The normalized spacial score (nSPS) is 46.1. The van der Waals surface area contributed by atoms with E-state index in [0.717, 1.165) is 26.3 Å². The molecule has 7 rings (SSSR count). The van der Waals surface area contributed by atoms with E-state index in [1.807, 2.05) is 6.92 Å². The molecule has 2 saturated heterocycles. The SMILES string of the molecule is CC(=O)O[C@H]1[C@@H](OC(C)=O)[C@@]2(C)C(OC(=O)C(C)C)OC[C@]3([C@H]4C(=O)[C@H](OC(C)=O)[C@@]5(C)[C@H](c6ccoc6)C[C@H]6O[C@]65[C@]4(C)[C@H](O)C[C@@H]23)[C@H]1OC(C)=O. The van der Waals surface area contributed by atoms with Gasteiger partial charge in [-0.15, -0.1) is 0 Å². The fourth-order valence-electron chi connectivity index (χ4n) is 12.1. The van der Waals surface area contributed by atoms with Crippen LogP contribution in [0.25, 0.3) is 0 Å². The van der Waals surface area contributed by atoms with Gasteiger partial charge in [0.15, 0.2) is 30.2 Å². The van der Waals surface area contributed by atoms with Gasteiger partial charge in [0, 0.05) is 50.4 Å². The topological polar surface area (TPSA) is 204 Å². The van der Waals surface area contributed by atoms with Crippen LogP contribution in [0.15, 0.2) is 23.0 Å². The molecule has 290 valence electrons. The van der Waals surface area contributed by atoms with Crippen molar-refractivity contribution < 1.29 is 71.4 Å². The molecule has 4 aliphatic carbocycles. The standard InChI is InChI=1S/C38H48O15/c1-16(2)32(45)52-33-34(7)23-13-24(43)36(9)28(37(23,15-47-33)31(51-20(6)42)27(48-17(3)39)30(34)50-19(5)41)26(44)29(49-18(4)40)35(8)22(21-10-11-46-14-21)12-25-38(35,36)53-25/h10-11,14,16,22-25,27-31,33,43H,12-13,15H2,1-9H3/t22-,23-,24+,25+,27-,28-,29-,30+,31-,33?,34-,35+,36+,37-,38+/m0/s1. The molecule has 15 atom stereocenters. The van der Waals surface area contributed by atoms with Crippen LogP contribution in [0.3, 0.4) is 0 Å². The molecule has 4 saturated carbocycles. The number of furan rings is 1. The van der Waals surface area contributed by atoms with E-state index in [1.165, 1.54) is 13.2 Å². The first-order valence-corrected chi connectivity index (χ1v) is 18.2. The smallest absolute Gasteiger partial charge is 0.310 e. The first kappa shape index (κ1) is 37.5. The maximum absolute atomic E-state index is 15.8. The minimum atomic E-state index is -1.65. The fourth-order valence-corrected chi connectivity index (χ4v) is 12.1. The lowest BCUT2D eigenvalue weighted by atomic mass is 9.33. The van der Waals surface area contributed by atoms with E-state index in [0.29, 0.717) is 6.42 Å². The van der Waals surface area contributed by atoms with Gasteiger partial charge in [-0.05, 0) is 37.3 Å². The summed E-state index contributed by atoms with van der Waals surface area (Å²) in [6, 6.07) is 1.79. The van der Waals surface area contributed by atoms with Gasteiger partial charge >= 0.3 is 29.8 Å². The Bertz CT molecular complexity index is 1740. The number of ketones is 1. The summed E-state index contributed by atoms with van der Waals surface area (Å²) in [5.41, 5.74) is -6.41. The molecule has 0 radical (unpaired) electrons. The maximum atomic E-state index is 15.8. The van der Waals surface area contributed by atoms with Crippen LogP contribution >= 0.6 is 0 Å². The Labute approximate surface area is 306 Å². The fraction of sp³-hybridized carbons (Fsp3) is 0.737. The number of aliphatic hydroxyl groups is 1. The molecule has 15 heteroatoms. The van der Waals surface area contributed by atoms with Crippen LogP contribution in [0.2, 0.25) is 0 Å². The highest BCUT2D eigenvalue weighted by molar-refractivity contribution is 5.93. The van der Waals surface area contributed by atoms with Crippen molar-refractivity contribution in [1.29, 1.82) is 0 Å². The third-order valence-corrected chi connectivity index (χ3v) is 13.8. The third kappa shape index (κ3) is 4.68. The van der Waals surface area contributed by atoms with Crippen molar-refractivity contribution in [2.24, 2.45) is 39.4 Å². The predicted molar refractivity (Wildman–Crippen MR) is 176 cm³/mol. The van der Waals surface area contributed by atoms with E-state index in [2.05, 4.69) is 0 Å². The molecule has 0 aromatic carbocycles. The predicted octanol–water partition coefficient (Wildman–Crippen LogP) is 2.79. The van der Waals surface area contributed by atoms with Gasteiger partial charge in [0.25, 0.3) is 0 Å². The zero-order chi connectivity index (χ0) is 38.8. The van der Waals surface area contributed by atoms with E-state index in [-0.39, 0.29) is 18.9 Å². The van der Waals surface area contributed by atoms with Crippen molar-refractivity contribution in [1.82, 2.24) is 0 Å². The molecule has 2 aliphatic heterocycles. The van der Waals surface area contributed by atoms with Crippen molar-refractivity contribution in [3.63, 3.8) is 0 Å². The molecule has 1 aromatic rings. The molecule has 1 spiro atoms. The summed E-state index contributed by atoms with van der Waals surface area (Å²) in [5.74, 6) is -7.59. The summed E-state index contributed by atoms with van der Waals surface area (Å²) in [6.07, 6.45) is -5.68. The van der Waals surface area contributed by atoms with E-state index < -0.39 is 124 Å². The number of hydrogen-bond acceptors (Lipinski definition) is 15. The van der Waals surface area contributed by atoms with Gasteiger partial charge in [0.05, 0.1) is 48.1 Å². The van der Waals surface area contributed by atoms with Gasteiger partial charge in [-0.25, -0.2) is 0 Å². The zero-order valence-corrected chi connectivity index (χ0v) is 31.4. The maximum Gasteiger partial charge on any atom is 0.310 e.